The third kappa shape index (κ3) is 6.47. The van der Waals surface area contributed by atoms with Gasteiger partial charge in [0.1, 0.15) is 0 Å². The molecule has 322 valence electrons. The van der Waals surface area contributed by atoms with Crippen molar-refractivity contribution in [1.29, 1.82) is 0 Å². The van der Waals surface area contributed by atoms with Gasteiger partial charge in [-0.3, -0.25) is 0 Å². The maximum atomic E-state index is 17.5. The second-order valence-electron chi connectivity index (χ2n) is 18.0. The van der Waals surface area contributed by atoms with Crippen LogP contribution in [0.2, 0.25) is 0 Å². The predicted octanol–water partition coefficient (Wildman–Crippen LogP) is 12.9. The van der Waals surface area contributed by atoms with Gasteiger partial charge in [0, 0.05) is 41.2 Å². The van der Waals surface area contributed by atoms with Gasteiger partial charge < -0.3 is 14.2 Å². The van der Waals surface area contributed by atoms with Crippen molar-refractivity contribution in [2.75, 3.05) is 4.90 Å². The summed E-state index contributed by atoms with van der Waals surface area (Å²) in [5, 5.41) is 2.61. The first kappa shape index (κ1) is 41.9. The lowest BCUT2D eigenvalue weighted by Gasteiger charge is -2.49. The van der Waals surface area contributed by atoms with Gasteiger partial charge in [0.15, 0.2) is 18.6 Å². The summed E-state index contributed by atoms with van der Waals surface area (Å²) in [6.45, 7) is 13.3. The highest BCUT2D eigenvalue weighted by Gasteiger charge is 2.49. The zero-order chi connectivity index (χ0) is 45.3. The van der Waals surface area contributed by atoms with E-state index in [9.17, 15) is 0 Å². The fourth-order valence-electron chi connectivity index (χ4n) is 11.2. The number of aryl methyl sites for hydroxylation is 6. The Morgan fingerprint density at radius 1 is 0.455 bits per heavy atom. The van der Waals surface area contributed by atoms with Crippen LogP contribution in [0.3, 0.4) is 0 Å². The molecule has 1 unspecified atom stereocenters. The summed E-state index contributed by atoms with van der Waals surface area (Å²) in [5.41, 5.74) is 14.2. The van der Waals surface area contributed by atoms with Crippen LogP contribution in [0.15, 0.2) is 220 Å². The van der Waals surface area contributed by atoms with Crippen LogP contribution in [0.25, 0.3) is 0 Å². The second kappa shape index (κ2) is 16.3. The lowest BCUT2D eigenvalue weighted by Crippen LogP contribution is -2.56. The van der Waals surface area contributed by atoms with Gasteiger partial charge >= 0.3 is 0 Å². The number of fused-ring (bicyclic) bond motifs is 4. The lowest BCUT2D eigenvalue weighted by molar-refractivity contribution is 0.477. The van der Waals surface area contributed by atoms with E-state index in [2.05, 4.69) is 210 Å². The molecule has 0 radical (unpaired) electrons. The van der Waals surface area contributed by atoms with Gasteiger partial charge in [-0.25, -0.2) is 0 Å². The van der Waals surface area contributed by atoms with Gasteiger partial charge in [-0.05, 0) is 133 Å². The highest BCUT2D eigenvalue weighted by atomic mass is 32.3. The quantitative estimate of drug-likeness (QED) is 0.118. The van der Waals surface area contributed by atoms with Crippen LogP contribution in [0.4, 0.5) is 17.1 Å². The number of rotatable bonds is 7. The molecule has 6 heteroatoms. The number of para-hydroxylation sites is 4. The molecule has 0 fully saturated rings. The van der Waals surface area contributed by atoms with E-state index >= 15 is 4.57 Å². The monoisotopic (exact) mass is 891 g/mol. The van der Waals surface area contributed by atoms with Crippen LogP contribution in [-0.2, 0) is 4.57 Å². The molecule has 0 aliphatic carbocycles. The Hall–Kier alpha value is -6.78. The van der Waals surface area contributed by atoms with E-state index < -0.39 is 17.2 Å². The molecule has 0 bridgehead atoms. The maximum absolute atomic E-state index is 17.5. The van der Waals surface area contributed by atoms with Gasteiger partial charge in [0.2, 0.25) is 6.71 Å². The SMILES string of the molecule is Cc1cc(C)c(B(c2ccc3c(c2)P(=O)(c2ccc(N4c5ccccc5Oc5ccccc54)cc2)c2ccccc2S3(c2ccccc2)c2ccccc2)c2c(C)cc(C)cc2C)c(C)c1. The minimum Gasteiger partial charge on any atom is -0.453 e. The van der Waals surface area contributed by atoms with Crippen LogP contribution in [0.1, 0.15) is 33.4 Å². The Bertz CT molecular complexity index is 3220. The third-order valence-electron chi connectivity index (χ3n) is 13.7. The average Bonchev–Trinajstić information content (AvgIpc) is 3.33. The Morgan fingerprint density at radius 3 is 1.44 bits per heavy atom. The van der Waals surface area contributed by atoms with Crippen LogP contribution >= 0.6 is 17.2 Å². The molecule has 66 heavy (non-hydrogen) atoms. The van der Waals surface area contributed by atoms with Crippen molar-refractivity contribution in [3.63, 3.8) is 0 Å². The van der Waals surface area contributed by atoms with E-state index in [1.807, 2.05) is 36.4 Å². The molecule has 0 saturated heterocycles. The van der Waals surface area contributed by atoms with E-state index in [0.29, 0.717) is 0 Å². The van der Waals surface area contributed by atoms with Crippen molar-refractivity contribution < 1.29 is 9.30 Å². The molecule has 0 spiro atoms. The molecule has 1 atom stereocenters. The molecular formula is C60H51BNO2PS. The molecule has 0 N–H and O–H groups in total. The number of ether oxygens (including phenoxy) is 1. The molecule has 9 aromatic carbocycles. The minimum atomic E-state index is -3.59. The van der Waals surface area contributed by atoms with Crippen LogP contribution < -0.4 is 41.9 Å². The summed E-state index contributed by atoms with van der Waals surface area (Å²) < 4.78 is 23.9. The molecule has 0 aromatic heterocycles. The van der Waals surface area contributed by atoms with E-state index in [4.69, 9.17) is 4.74 Å². The summed E-state index contributed by atoms with van der Waals surface area (Å²) in [4.78, 5) is 6.93. The summed E-state index contributed by atoms with van der Waals surface area (Å²) in [5.74, 6) is 1.59. The molecule has 2 aliphatic rings. The normalized spacial score (nSPS) is 15.9. The fraction of sp³-hybridized carbons (Fsp3) is 0.100. The van der Waals surface area contributed by atoms with E-state index in [0.717, 1.165) is 59.7 Å². The van der Waals surface area contributed by atoms with Crippen LogP contribution in [0, 0.1) is 41.5 Å². The smallest absolute Gasteiger partial charge is 0.242 e. The summed E-state index contributed by atoms with van der Waals surface area (Å²) in [6.07, 6.45) is 0. The average molecular weight is 892 g/mol. The molecule has 2 heterocycles. The minimum absolute atomic E-state index is 0.0937. The van der Waals surface area contributed by atoms with Crippen molar-refractivity contribution >= 4 is 73.2 Å². The molecule has 3 nitrogen and oxygen atoms in total. The highest BCUT2D eigenvalue weighted by molar-refractivity contribution is 8.34. The Morgan fingerprint density at radius 2 is 0.909 bits per heavy atom. The Kier molecular flexibility index (Phi) is 10.3. The van der Waals surface area contributed by atoms with Gasteiger partial charge in [-0.2, -0.15) is 0 Å². The van der Waals surface area contributed by atoms with Gasteiger partial charge in [-0.15, -0.1) is 10.0 Å². The predicted molar refractivity (Wildman–Crippen MR) is 280 cm³/mol. The van der Waals surface area contributed by atoms with Gasteiger partial charge in [0.25, 0.3) is 0 Å². The molecule has 0 amide bonds. The number of anilines is 3. The van der Waals surface area contributed by atoms with E-state index in [-0.39, 0.29) is 6.71 Å². The molecule has 11 rings (SSSR count). The van der Waals surface area contributed by atoms with Crippen molar-refractivity contribution in [2.45, 2.75) is 61.1 Å². The van der Waals surface area contributed by atoms with E-state index in [1.165, 1.54) is 54.1 Å². The summed E-state index contributed by atoms with van der Waals surface area (Å²) in [7, 11) is -5.75. The Labute approximate surface area is 391 Å². The van der Waals surface area contributed by atoms with Crippen molar-refractivity contribution in [1.82, 2.24) is 0 Å². The summed E-state index contributed by atoms with van der Waals surface area (Å²) in [6, 6.07) is 71.8. The van der Waals surface area contributed by atoms with E-state index in [1.54, 1.807) is 0 Å². The van der Waals surface area contributed by atoms with Crippen LogP contribution in [0.5, 0.6) is 11.5 Å². The van der Waals surface area contributed by atoms with Crippen LogP contribution in [-0.4, -0.2) is 6.71 Å². The summed E-state index contributed by atoms with van der Waals surface area (Å²) >= 11 is 0. The maximum Gasteiger partial charge on any atom is 0.242 e. The number of hydrogen-bond donors (Lipinski definition) is 0. The largest absolute Gasteiger partial charge is 0.453 e. The topological polar surface area (TPSA) is 29.5 Å². The molecule has 0 saturated carbocycles. The first-order valence-corrected chi connectivity index (χ1v) is 26.1. The third-order valence-corrected chi connectivity index (χ3v) is 21.1. The molecular weight excluding hydrogens is 841 g/mol. The van der Waals surface area contributed by atoms with Crippen molar-refractivity contribution in [2.24, 2.45) is 0 Å². The fourth-order valence-corrected chi connectivity index (χ4v) is 19.5. The highest BCUT2D eigenvalue weighted by Crippen LogP contribution is 2.77. The second-order valence-corrected chi connectivity index (χ2v) is 23.7. The first-order valence-electron chi connectivity index (χ1n) is 22.8. The van der Waals surface area contributed by atoms with Gasteiger partial charge in [0.05, 0.1) is 11.4 Å². The lowest BCUT2D eigenvalue weighted by atomic mass is 9.34. The zero-order valence-corrected chi connectivity index (χ0v) is 40.0. The van der Waals surface area contributed by atoms with Crippen molar-refractivity contribution in [3.8, 4) is 11.5 Å². The van der Waals surface area contributed by atoms with Crippen molar-refractivity contribution in [3.05, 3.63) is 234 Å². The number of nitrogens with zero attached hydrogens (tertiary/aromatic N) is 1. The number of hydrogen-bond acceptors (Lipinski definition) is 3. The molecule has 9 aromatic rings. The Balaban J connectivity index is 1.21. The van der Waals surface area contributed by atoms with Gasteiger partial charge in [-0.1, -0.05) is 159 Å². The zero-order valence-electron chi connectivity index (χ0n) is 38.2. The standard InChI is InChI=1S/C60H51BNO2PS/c1-40-35-42(3)59(43(4)36-40)61(60-44(5)37-41(2)38-45(60)6)46-29-34-58-56(39-46)65(63,55-27-17-18-28-57(55)66(58,49-19-9-7-10-20-49)50-21-11-8-12-22-50)48-32-30-47(31-33-48)62-51-23-13-15-25-53(51)64-54-26-16-14-24-52(54)62/h7-39H,1-6H3. The first-order chi connectivity index (χ1) is 32.1. The molecule has 2 aliphatic heterocycles. The number of benzene rings is 9.